The van der Waals surface area contributed by atoms with E-state index in [0.717, 1.165) is 30.8 Å². The van der Waals surface area contributed by atoms with Crippen molar-refractivity contribution in [3.05, 3.63) is 45.1 Å². The summed E-state index contributed by atoms with van der Waals surface area (Å²) in [7, 11) is 4.24. The highest BCUT2D eigenvalue weighted by atomic mass is 32.1. The van der Waals surface area contributed by atoms with E-state index in [2.05, 4.69) is 31.1 Å². The van der Waals surface area contributed by atoms with Crippen molar-refractivity contribution in [2.75, 3.05) is 27.4 Å². The van der Waals surface area contributed by atoms with Gasteiger partial charge in [0.25, 0.3) is 0 Å². The first-order chi connectivity index (χ1) is 13.0. The lowest BCUT2D eigenvalue weighted by atomic mass is 10.00. The van der Waals surface area contributed by atoms with Gasteiger partial charge >= 0.3 is 6.03 Å². The summed E-state index contributed by atoms with van der Waals surface area (Å²) in [6.45, 7) is 1.64. The van der Waals surface area contributed by atoms with Crippen molar-refractivity contribution in [2.45, 2.75) is 31.8 Å². The number of urea groups is 1. The third-order valence-electron chi connectivity index (χ3n) is 5.33. The molecule has 6 nitrogen and oxygen atoms in total. The molecule has 0 aliphatic carbocycles. The third kappa shape index (κ3) is 3.75. The zero-order valence-corrected chi connectivity index (χ0v) is 16.6. The molecule has 7 heteroatoms. The molecule has 1 aromatic heterocycles. The van der Waals surface area contributed by atoms with Crippen LogP contribution in [0.3, 0.4) is 0 Å². The van der Waals surface area contributed by atoms with Gasteiger partial charge in [0, 0.05) is 28.9 Å². The van der Waals surface area contributed by atoms with E-state index in [1.54, 1.807) is 4.90 Å². The van der Waals surface area contributed by atoms with Crippen molar-refractivity contribution < 1.29 is 14.3 Å². The fraction of sp³-hybridized carbons (Fsp3) is 0.450. The maximum absolute atomic E-state index is 11.5. The monoisotopic (exact) mass is 387 g/mol. The summed E-state index contributed by atoms with van der Waals surface area (Å²) < 4.78 is 11.2. The van der Waals surface area contributed by atoms with Crippen molar-refractivity contribution in [3.8, 4) is 11.5 Å². The zero-order valence-electron chi connectivity index (χ0n) is 15.7. The number of primary amides is 1. The van der Waals surface area contributed by atoms with Crippen LogP contribution in [0, 0.1) is 0 Å². The number of amides is 2. The standard InChI is InChI=1S/C20H25N3O3S/c1-22(2)15(8-13-4-3-5-17-19(13)26-12-25-17)10-16-9-14-11-23(20(21)24)7-6-18(14)27-16/h3-5,9,15H,6-8,10-12H2,1-2H3,(H2,21,24)/t15-/m0/s1. The molecule has 0 saturated heterocycles. The fourth-order valence-electron chi connectivity index (χ4n) is 3.76. The molecule has 2 aliphatic rings. The number of carbonyl (C=O) groups is 1. The van der Waals surface area contributed by atoms with Crippen molar-refractivity contribution >= 4 is 17.4 Å². The van der Waals surface area contributed by atoms with Crippen LogP contribution >= 0.6 is 11.3 Å². The molecule has 1 aromatic carbocycles. The number of hydrogen-bond donors (Lipinski definition) is 1. The Morgan fingerprint density at radius 3 is 2.96 bits per heavy atom. The Labute approximate surface area is 163 Å². The number of likely N-dealkylation sites (N-methyl/N-ethyl adjacent to an activating group) is 1. The van der Waals surface area contributed by atoms with Gasteiger partial charge in [0.15, 0.2) is 11.5 Å². The van der Waals surface area contributed by atoms with Gasteiger partial charge in [0.2, 0.25) is 6.79 Å². The van der Waals surface area contributed by atoms with Crippen LogP contribution in [0.2, 0.25) is 0 Å². The Hall–Kier alpha value is -2.25. The second kappa shape index (κ2) is 7.40. The van der Waals surface area contributed by atoms with Crippen LogP contribution in [0.1, 0.15) is 20.9 Å². The van der Waals surface area contributed by atoms with Gasteiger partial charge in [-0.25, -0.2) is 4.79 Å². The Morgan fingerprint density at radius 2 is 2.19 bits per heavy atom. The Balaban J connectivity index is 1.50. The quantitative estimate of drug-likeness (QED) is 0.856. The van der Waals surface area contributed by atoms with Crippen molar-refractivity contribution in [3.63, 3.8) is 0 Å². The smallest absolute Gasteiger partial charge is 0.315 e. The molecule has 2 N–H and O–H groups in total. The van der Waals surface area contributed by atoms with Crippen LogP contribution in [-0.2, 0) is 25.8 Å². The normalized spacial score (nSPS) is 16.5. The molecule has 2 aromatic rings. The van der Waals surface area contributed by atoms with Crippen LogP contribution in [-0.4, -0.2) is 49.3 Å². The molecule has 0 bridgehead atoms. The number of thiophene rings is 1. The number of hydrogen-bond acceptors (Lipinski definition) is 5. The van der Waals surface area contributed by atoms with Gasteiger partial charge in [0.1, 0.15) is 0 Å². The van der Waals surface area contributed by atoms with Gasteiger partial charge in [-0.3, -0.25) is 0 Å². The maximum Gasteiger partial charge on any atom is 0.315 e. The van der Waals surface area contributed by atoms with Crippen LogP contribution < -0.4 is 15.2 Å². The largest absolute Gasteiger partial charge is 0.454 e. The van der Waals surface area contributed by atoms with Gasteiger partial charge in [-0.15, -0.1) is 11.3 Å². The van der Waals surface area contributed by atoms with Crippen LogP contribution in [0.15, 0.2) is 24.3 Å². The van der Waals surface area contributed by atoms with E-state index in [0.29, 0.717) is 25.9 Å². The third-order valence-corrected chi connectivity index (χ3v) is 6.59. The highest BCUT2D eigenvalue weighted by Crippen LogP contribution is 2.37. The number of nitrogens with zero attached hydrogens (tertiary/aromatic N) is 2. The van der Waals surface area contributed by atoms with E-state index in [4.69, 9.17) is 15.2 Å². The number of para-hydroxylation sites is 1. The Kier molecular flexibility index (Phi) is 4.97. The minimum absolute atomic E-state index is 0.299. The molecule has 0 spiro atoms. The number of ether oxygens (including phenoxy) is 2. The highest BCUT2D eigenvalue weighted by molar-refractivity contribution is 7.12. The fourth-order valence-corrected chi connectivity index (χ4v) is 5.00. The molecule has 1 atom stereocenters. The van der Waals surface area contributed by atoms with E-state index in [9.17, 15) is 4.79 Å². The lowest BCUT2D eigenvalue weighted by Gasteiger charge is -2.24. The lowest BCUT2D eigenvalue weighted by Crippen LogP contribution is -2.38. The van der Waals surface area contributed by atoms with E-state index in [1.807, 2.05) is 23.5 Å². The van der Waals surface area contributed by atoms with Crippen LogP contribution in [0.25, 0.3) is 0 Å². The highest BCUT2D eigenvalue weighted by Gasteiger charge is 2.24. The average molecular weight is 388 g/mol. The molecular weight excluding hydrogens is 362 g/mol. The van der Waals surface area contributed by atoms with Crippen molar-refractivity contribution in [1.82, 2.24) is 9.80 Å². The first-order valence-electron chi connectivity index (χ1n) is 9.20. The Morgan fingerprint density at radius 1 is 1.33 bits per heavy atom. The SMILES string of the molecule is CN(C)[C@H](Cc1cc2c(s1)CCN(C(N)=O)C2)Cc1cccc2c1OCO2. The number of nitrogens with two attached hydrogens (primary N) is 1. The zero-order chi connectivity index (χ0) is 19.0. The summed E-state index contributed by atoms with van der Waals surface area (Å²) in [4.78, 5) is 18.2. The van der Waals surface area contributed by atoms with E-state index in [-0.39, 0.29) is 6.03 Å². The van der Waals surface area contributed by atoms with Crippen molar-refractivity contribution in [2.24, 2.45) is 5.73 Å². The topological polar surface area (TPSA) is 68.0 Å². The lowest BCUT2D eigenvalue weighted by molar-refractivity contribution is 0.172. The molecule has 4 rings (SSSR count). The summed E-state index contributed by atoms with van der Waals surface area (Å²) in [5.41, 5.74) is 7.87. The minimum atomic E-state index is -0.334. The van der Waals surface area contributed by atoms with Crippen LogP contribution in [0.4, 0.5) is 4.79 Å². The molecule has 3 heterocycles. The van der Waals surface area contributed by atoms with E-state index >= 15 is 0 Å². The molecule has 0 saturated carbocycles. The minimum Gasteiger partial charge on any atom is -0.454 e. The van der Waals surface area contributed by atoms with Crippen molar-refractivity contribution in [1.29, 1.82) is 0 Å². The van der Waals surface area contributed by atoms with E-state index < -0.39 is 0 Å². The molecule has 0 unspecified atom stereocenters. The number of benzene rings is 1. The predicted octanol–water partition coefficient (Wildman–Crippen LogP) is 2.63. The summed E-state index contributed by atoms with van der Waals surface area (Å²) in [6, 6.07) is 8.37. The molecule has 0 radical (unpaired) electrons. The van der Waals surface area contributed by atoms with Gasteiger partial charge in [-0.1, -0.05) is 12.1 Å². The molecule has 27 heavy (non-hydrogen) atoms. The maximum atomic E-state index is 11.5. The second-order valence-corrected chi connectivity index (χ2v) is 8.57. The number of carbonyl (C=O) groups excluding carboxylic acids is 1. The summed E-state index contributed by atoms with van der Waals surface area (Å²) in [5, 5.41) is 0. The molecular formula is C20H25N3O3S. The Bertz CT molecular complexity index is 849. The van der Waals surface area contributed by atoms with Gasteiger partial charge < -0.3 is 25.0 Å². The number of fused-ring (bicyclic) bond motifs is 2. The summed E-state index contributed by atoms with van der Waals surface area (Å²) in [5.74, 6) is 1.72. The molecule has 2 aliphatic heterocycles. The van der Waals surface area contributed by atoms with E-state index in [1.165, 1.54) is 20.9 Å². The molecule has 2 amide bonds. The molecule has 144 valence electrons. The first-order valence-corrected chi connectivity index (χ1v) is 10.0. The van der Waals surface area contributed by atoms with Gasteiger partial charge in [0.05, 0.1) is 0 Å². The predicted molar refractivity (Wildman–Crippen MR) is 105 cm³/mol. The summed E-state index contributed by atoms with van der Waals surface area (Å²) >= 11 is 1.87. The van der Waals surface area contributed by atoms with Gasteiger partial charge in [-0.05, 0) is 56.6 Å². The summed E-state index contributed by atoms with van der Waals surface area (Å²) in [6.07, 6.45) is 2.76. The number of rotatable bonds is 5. The van der Waals surface area contributed by atoms with Crippen LogP contribution in [0.5, 0.6) is 11.5 Å². The first kappa shape index (κ1) is 18.1. The second-order valence-electron chi connectivity index (χ2n) is 7.35. The van der Waals surface area contributed by atoms with Gasteiger partial charge in [-0.2, -0.15) is 0 Å². The molecule has 0 fully saturated rings. The average Bonchev–Trinajstić information content (AvgIpc) is 3.26.